The van der Waals surface area contributed by atoms with Gasteiger partial charge in [-0.15, -0.1) is 0 Å². The number of hydrogen-bond donors (Lipinski definition) is 2. The lowest BCUT2D eigenvalue weighted by molar-refractivity contribution is 0.0673. The van der Waals surface area contributed by atoms with E-state index in [1.54, 1.807) is 41.3 Å². The molecule has 0 spiro atoms. The number of amides is 2. The summed E-state index contributed by atoms with van der Waals surface area (Å²) in [7, 11) is 0. The van der Waals surface area contributed by atoms with E-state index in [2.05, 4.69) is 5.32 Å². The molecule has 3 N–H and O–H groups in total. The van der Waals surface area contributed by atoms with Crippen molar-refractivity contribution in [1.29, 1.82) is 0 Å². The van der Waals surface area contributed by atoms with Crippen LogP contribution in [0.5, 0.6) is 11.5 Å². The van der Waals surface area contributed by atoms with Crippen molar-refractivity contribution in [3.8, 4) is 11.5 Å². The molecule has 7 nitrogen and oxygen atoms in total. The van der Waals surface area contributed by atoms with Gasteiger partial charge < -0.3 is 25.4 Å². The zero-order valence-corrected chi connectivity index (χ0v) is 21.1. The number of carbonyl (C=O) groups excluding carboxylic acids is 2. The minimum Gasteiger partial charge on any atom is -0.454 e. The van der Waals surface area contributed by atoms with Crippen molar-refractivity contribution < 1.29 is 27.8 Å². The van der Waals surface area contributed by atoms with Crippen molar-refractivity contribution in [3.63, 3.8) is 0 Å². The highest BCUT2D eigenvalue weighted by atomic mass is 35.5. The predicted molar refractivity (Wildman–Crippen MR) is 136 cm³/mol. The molecule has 0 saturated heterocycles. The van der Waals surface area contributed by atoms with Gasteiger partial charge in [-0.1, -0.05) is 25.4 Å². The van der Waals surface area contributed by atoms with Crippen LogP contribution in [-0.4, -0.2) is 36.6 Å². The molecule has 4 rings (SSSR count). The van der Waals surface area contributed by atoms with Gasteiger partial charge in [-0.05, 0) is 66.1 Å². The molecule has 37 heavy (non-hydrogen) atoms. The maximum absolute atomic E-state index is 13.6. The quantitative estimate of drug-likeness (QED) is 0.417. The molecule has 0 aliphatic carbocycles. The van der Waals surface area contributed by atoms with E-state index in [4.69, 9.17) is 26.8 Å². The van der Waals surface area contributed by atoms with Gasteiger partial charge in [0.2, 0.25) is 6.79 Å². The Morgan fingerprint density at radius 1 is 1.00 bits per heavy atom. The van der Waals surface area contributed by atoms with Gasteiger partial charge in [0.25, 0.3) is 11.8 Å². The zero-order valence-electron chi connectivity index (χ0n) is 20.3. The Labute approximate surface area is 218 Å². The first-order chi connectivity index (χ1) is 17.5. The summed E-state index contributed by atoms with van der Waals surface area (Å²) in [6.07, 6.45) is 0. The SMILES string of the molecule is CC(C)(CN)CN(Cc1cc(NC(=O)c2cc(F)cc(F)c2)ccc1Cl)C(=O)c1ccc2c(c1)OCO2. The fourth-order valence-electron chi connectivity index (χ4n) is 3.86. The van der Waals surface area contributed by atoms with E-state index in [9.17, 15) is 18.4 Å². The van der Waals surface area contributed by atoms with Crippen LogP contribution in [0, 0.1) is 17.0 Å². The summed E-state index contributed by atoms with van der Waals surface area (Å²) in [5, 5.41) is 3.00. The Morgan fingerprint density at radius 3 is 2.41 bits per heavy atom. The molecule has 0 atom stereocenters. The maximum atomic E-state index is 13.6. The summed E-state index contributed by atoms with van der Waals surface area (Å²) in [6.45, 7) is 4.77. The second kappa shape index (κ2) is 10.7. The molecule has 0 radical (unpaired) electrons. The molecule has 10 heteroatoms. The monoisotopic (exact) mass is 529 g/mol. The number of halogens is 3. The minimum atomic E-state index is -0.859. The molecule has 194 valence electrons. The second-order valence-corrected chi connectivity index (χ2v) is 9.92. The second-order valence-electron chi connectivity index (χ2n) is 9.52. The third-order valence-electron chi connectivity index (χ3n) is 5.87. The molecular formula is C27H26ClF2N3O4. The number of hydrogen-bond acceptors (Lipinski definition) is 5. The van der Waals surface area contributed by atoms with Gasteiger partial charge in [0.15, 0.2) is 11.5 Å². The standard InChI is InChI=1S/C27H26ClF2N3O4/c1-27(2,13-31)14-33(26(35)16-3-6-23-24(10-16)37-15-36-23)12-18-9-21(4-5-22(18)28)32-25(34)17-7-19(29)11-20(30)8-17/h3-11H,12-15,31H2,1-2H3,(H,32,34). The van der Waals surface area contributed by atoms with Crippen molar-refractivity contribution in [1.82, 2.24) is 4.90 Å². The molecule has 0 saturated carbocycles. The molecule has 1 heterocycles. The van der Waals surface area contributed by atoms with Gasteiger partial charge in [-0.25, -0.2) is 8.78 Å². The largest absolute Gasteiger partial charge is 0.454 e. The lowest BCUT2D eigenvalue weighted by Gasteiger charge is -2.32. The first kappa shape index (κ1) is 26.4. The number of nitrogens with zero attached hydrogens (tertiary/aromatic N) is 1. The van der Waals surface area contributed by atoms with Gasteiger partial charge in [0.05, 0.1) is 0 Å². The van der Waals surface area contributed by atoms with Gasteiger partial charge in [0, 0.05) is 41.0 Å². The summed E-state index contributed by atoms with van der Waals surface area (Å²) in [5.74, 6) is -1.62. The molecular weight excluding hydrogens is 504 g/mol. The lowest BCUT2D eigenvalue weighted by Crippen LogP contribution is -2.41. The van der Waals surface area contributed by atoms with Crippen molar-refractivity contribution in [3.05, 3.63) is 87.9 Å². The molecule has 1 aliphatic rings. The first-order valence-corrected chi connectivity index (χ1v) is 11.9. The van der Waals surface area contributed by atoms with E-state index in [1.807, 2.05) is 13.8 Å². The van der Waals surface area contributed by atoms with E-state index >= 15 is 0 Å². The topological polar surface area (TPSA) is 93.9 Å². The number of benzene rings is 3. The number of ether oxygens (including phenoxy) is 2. The Morgan fingerprint density at radius 2 is 1.70 bits per heavy atom. The van der Waals surface area contributed by atoms with Crippen LogP contribution in [0.4, 0.5) is 14.5 Å². The summed E-state index contributed by atoms with van der Waals surface area (Å²) in [6, 6.07) is 12.3. The first-order valence-electron chi connectivity index (χ1n) is 11.5. The van der Waals surface area contributed by atoms with Crippen LogP contribution in [0.1, 0.15) is 40.1 Å². The van der Waals surface area contributed by atoms with E-state index in [-0.39, 0.29) is 24.8 Å². The van der Waals surface area contributed by atoms with E-state index in [0.717, 1.165) is 12.1 Å². The third-order valence-corrected chi connectivity index (χ3v) is 6.24. The van der Waals surface area contributed by atoms with Crippen molar-refractivity contribution in [2.45, 2.75) is 20.4 Å². The molecule has 0 unspecified atom stereocenters. The van der Waals surface area contributed by atoms with Crippen LogP contribution in [-0.2, 0) is 6.54 Å². The summed E-state index contributed by atoms with van der Waals surface area (Å²) in [4.78, 5) is 27.8. The Balaban J connectivity index is 1.59. The third kappa shape index (κ3) is 6.36. The van der Waals surface area contributed by atoms with Crippen molar-refractivity contribution in [2.75, 3.05) is 25.2 Å². The minimum absolute atomic E-state index is 0.0906. The fraction of sp³-hybridized carbons (Fsp3) is 0.259. The smallest absolute Gasteiger partial charge is 0.255 e. The number of rotatable bonds is 8. The Kier molecular flexibility index (Phi) is 7.65. The van der Waals surface area contributed by atoms with Gasteiger partial charge in [-0.3, -0.25) is 9.59 Å². The molecule has 0 bridgehead atoms. The van der Waals surface area contributed by atoms with Crippen LogP contribution in [0.3, 0.4) is 0 Å². The number of carbonyl (C=O) groups is 2. The molecule has 3 aromatic rings. The predicted octanol–water partition coefficient (Wildman–Crippen LogP) is 5.23. The number of nitrogens with one attached hydrogen (secondary N) is 1. The molecule has 3 aromatic carbocycles. The molecule has 0 aromatic heterocycles. The van der Waals surface area contributed by atoms with Gasteiger partial charge >= 0.3 is 0 Å². The summed E-state index contributed by atoms with van der Waals surface area (Å²) in [5.41, 5.74) is 6.70. The zero-order chi connectivity index (χ0) is 26.7. The highest BCUT2D eigenvalue weighted by Gasteiger charge is 2.27. The highest BCUT2D eigenvalue weighted by molar-refractivity contribution is 6.31. The average Bonchev–Trinajstić information content (AvgIpc) is 3.32. The lowest BCUT2D eigenvalue weighted by atomic mass is 9.92. The van der Waals surface area contributed by atoms with Crippen molar-refractivity contribution >= 4 is 29.1 Å². The Hall–Kier alpha value is -3.69. The maximum Gasteiger partial charge on any atom is 0.255 e. The fourth-order valence-corrected chi connectivity index (χ4v) is 4.04. The number of fused-ring (bicyclic) bond motifs is 1. The average molecular weight is 530 g/mol. The van der Waals surface area contributed by atoms with Gasteiger partial charge in [0.1, 0.15) is 11.6 Å². The van der Waals surface area contributed by atoms with E-state index in [0.29, 0.717) is 52.5 Å². The van der Waals surface area contributed by atoms with Crippen molar-refractivity contribution in [2.24, 2.45) is 11.1 Å². The van der Waals surface area contributed by atoms with Crippen LogP contribution in [0.2, 0.25) is 5.02 Å². The molecule has 2 amide bonds. The summed E-state index contributed by atoms with van der Waals surface area (Å²) < 4.78 is 37.8. The van der Waals surface area contributed by atoms with E-state index in [1.165, 1.54) is 0 Å². The highest BCUT2D eigenvalue weighted by Crippen LogP contribution is 2.33. The summed E-state index contributed by atoms with van der Waals surface area (Å²) >= 11 is 6.46. The van der Waals surface area contributed by atoms with Crippen LogP contribution < -0.4 is 20.5 Å². The molecule has 0 fully saturated rings. The molecule has 1 aliphatic heterocycles. The van der Waals surface area contributed by atoms with Crippen LogP contribution in [0.15, 0.2) is 54.6 Å². The normalized spacial score (nSPS) is 12.4. The number of nitrogens with two attached hydrogens (primary N) is 1. The van der Waals surface area contributed by atoms with E-state index < -0.39 is 23.0 Å². The van der Waals surface area contributed by atoms with Crippen LogP contribution in [0.25, 0.3) is 0 Å². The number of anilines is 1. The van der Waals surface area contributed by atoms with Crippen LogP contribution >= 0.6 is 11.6 Å². The Bertz CT molecular complexity index is 1330. The van der Waals surface area contributed by atoms with Gasteiger partial charge in [-0.2, -0.15) is 0 Å².